The SMILES string of the molecule is CC(c1ccccc1)C1(Br)C(Br)C(Br)(Br)C(Br)(Br)C(Br)(Br)C1(Br)Br.CCc1ccccc1. The Morgan fingerprint density at radius 2 is 1.12 bits per heavy atom. The lowest BCUT2D eigenvalue weighted by Gasteiger charge is -2.64. The summed E-state index contributed by atoms with van der Waals surface area (Å²) in [5.41, 5.74) is 2.64. The van der Waals surface area contributed by atoms with Gasteiger partial charge in [0.25, 0.3) is 0 Å². The average Bonchev–Trinajstić information content (AvgIpc) is 2.77. The van der Waals surface area contributed by atoms with Gasteiger partial charge in [-0.05, 0) is 23.5 Å². The second-order valence-electron chi connectivity index (χ2n) is 7.45. The monoisotopic (exact) mass is 1070 g/mol. The first-order chi connectivity index (χ1) is 14.6. The van der Waals surface area contributed by atoms with Gasteiger partial charge in [-0.2, -0.15) is 0 Å². The molecule has 32 heavy (non-hydrogen) atoms. The molecule has 10 heteroatoms. The zero-order valence-electron chi connectivity index (χ0n) is 16.9. The Labute approximate surface area is 275 Å². The summed E-state index contributed by atoms with van der Waals surface area (Å²) in [6.07, 6.45) is 1.14. The van der Waals surface area contributed by atoms with Gasteiger partial charge in [0.05, 0.1) is 9.15 Å². The van der Waals surface area contributed by atoms with Gasteiger partial charge in [0.1, 0.15) is 12.9 Å². The van der Waals surface area contributed by atoms with Crippen LogP contribution in [0.15, 0.2) is 60.7 Å². The van der Waals surface area contributed by atoms with E-state index < -0.39 is 17.3 Å². The van der Waals surface area contributed by atoms with Gasteiger partial charge in [-0.25, -0.2) is 0 Å². The van der Waals surface area contributed by atoms with E-state index in [1.54, 1.807) is 0 Å². The maximum atomic E-state index is 4.09. The van der Waals surface area contributed by atoms with Gasteiger partial charge in [-0.3, -0.25) is 0 Å². The molecular formula is C22H20Br10. The van der Waals surface area contributed by atoms with E-state index in [0.29, 0.717) is 0 Å². The first kappa shape index (κ1) is 31.5. The third-order valence-electron chi connectivity index (χ3n) is 5.56. The zero-order chi connectivity index (χ0) is 24.6. The number of halogens is 10. The van der Waals surface area contributed by atoms with E-state index in [-0.39, 0.29) is 10.7 Å². The Hall–Kier alpha value is 3.24. The van der Waals surface area contributed by atoms with E-state index in [0.717, 1.165) is 6.42 Å². The molecule has 3 atom stereocenters. The topological polar surface area (TPSA) is 0 Å². The summed E-state index contributed by atoms with van der Waals surface area (Å²) in [4.78, 5) is -0.0616. The molecule has 0 saturated heterocycles. The van der Waals surface area contributed by atoms with E-state index in [2.05, 4.69) is 222 Å². The second kappa shape index (κ2) is 12.0. The Morgan fingerprint density at radius 1 is 0.688 bits per heavy atom. The van der Waals surface area contributed by atoms with Crippen molar-refractivity contribution in [2.24, 2.45) is 0 Å². The summed E-state index contributed by atoms with van der Waals surface area (Å²) < 4.78 is -2.90. The number of rotatable bonds is 3. The molecule has 0 radical (unpaired) electrons. The molecule has 2 aromatic carbocycles. The number of alkyl halides is 10. The molecule has 1 saturated carbocycles. The van der Waals surface area contributed by atoms with Gasteiger partial charge in [-0.15, -0.1) is 0 Å². The van der Waals surface area contributed by atoms with Crippen molar-refractivity contribution in [3.63, 3.8) is 0 Å². The number of aryl methyl sites for hydroxylation is 1. The molecule has 0 N–H and O–H groups in total. The van der Waals surface area contributed by atoms with E-state index in [1.165, 1.54) is 11.1 Å². The lowest BCUT2D eigenvalue weighted by atomic mass is 9.76. The van der Waals surface area contributed by atoms with Crippen LogP contribution in [-0.4, -0.2) is 22.1 Å². The van der Waals surface area contributed by atoms with Crippen molar-refractivity contribution in [3.8, 4) is 0 Å². The lowest BCUT2D eigenvalue weighted by molar-refractivity contribution is 0.377. The van der Waals surface area contributed by atoms with Crippen molar-refractivity contribution in [2.45, 2.75) is 48.3 Å². The highest BCUT2D eigenvalue weighted by molar-refractivity contribution is 9.35. The molecule has 1 aliphatic carbocycles. The highest BCUT2D eigenvalue weighted by atomic mass is 79.9. The van der Waals surface area contributed by atoms with Crippen molar-refractivity contribution < 1.29 is 0 Å². The minimum Gasteiger partial charge on any atom is -0.0849 e. The van der Waals surface area contributed by atoms with Crippen LogP contribution in [0.3, 0.4) is 0 Å². The fourth-order valence-corrected chi connectivity index (χ4v) is 15.3. The Bertz CT molecular complexity index is 882. The predicted octanol–water partition coefficient (Wildman–Crippen LogP) is 11.9. The van der Waals surface area contributed by atoms with Crippen molar-refractivity contribution in [1.29, 1.82) is 0 Å². The summed E-state index contributed by atoms with van der Waals surface area (Å²) in [7, 11) is 0. The zero-order valence-corrected chi connectivity index (χ0v) is 32.8. The third-order valence-corrected chi connectivity index (χ3v) is 27.4. The van der Waals surface area contributed by atoms with Gasteiger partial charge in [0, 0.05) is 0 Å². The summed E-state index contributed by atoms with van der Waals surface area (Å²) in [5.74, 6) is 0.141. The van der Waals surface area contributed by atoms with Crippen LogP contribution in [0.4, 0.5) is 0 Å². The van der Waals surface area contributed by atoms with Crippen LogP contribution in [0, 0.1) is 0 Å². The minimum absolute atomic E-state index is 0.0616. The average molecular weight is 1080 g/mol. The smallest absolute Gasteiger partial charge is 0.0849 e. The molecule has 0 amide bonds. The third kappa shape index (κ3) is 5.50. The maximum Gasteiger partial charge on any atom is 0.134 e. The molecule has 3 unspecified atom stereocenters. The van der Waals surface area contributed by atoms with Crippen molar-refractivity contribution >= 4 is 159 Å². The fourth-order valence-electron chi connectivity index (χ4n) is 3.42. The molecule has 178 valence electrons. The molecule has 0 aliphatic heterocycles. The Kier molecular flexibility index (Phi) is 11.8. The fraction of sp³-hybridized carbons (Fsp3) is 0.455. The van der Waals surface area contributed by atoms with Crippen LogP contribution < -0.4 is 0 Å². The first-order valence-electron chi connectivity index (χ1n) is 9.53. The molecule has 1 aliphatic rings. The Morgan fingerprint density at radius 3 is 1.53 bits per heavy atom. The minimum atomic E-state index is -0.649. The molecule has 0 nitrogen and oxygen atoms in total. The maximum absolute atomic E-state index is 4.09. The molecule has 0 bridgehead atoms. The molecule has 0 aromatic heterocycles. The predicted molar refractivity (Wildman–Crippen MR) is 177 cm³/mol. The van der Waals surface area contributed by atoms with Crippen LogP contribution in [0.25, 0.3) is 0 Å². The van der Waals surface area contributed by atoms with Crippen LogP contribution in [-0.2, 0) is 6.42 Å². The van der Waals surface area contributed by atoms with E-state index >= 15 is 0 Å². The highest BCUT2D eigenvalue weighted by Gasteiger charge is 2.80. The van der Waals surface area contributed by atoms with Crippen LogP contribution >= 0.6 is 159 Å². The standard InChI is InChI=1S/C14H10Br10.C8H10/c1-7(8-5-3-2-4-6-8)10(16)9(15)11(17,18)13(21,22)14(23,24)12(10,19)20;1-2-8-6-4-3-5-7-8/h2-7,9H,1H3;3-7H,2H2,1H3. The summed E-state index contributed by atoms with van der Waals surface area (Å²) >= 11 is 39.0. The summed E-state index contributed by atoms with van der Waals surface area (Å²) in [5, 5.41) is 0. The quantitative estimate of drug-likeness (QED) is 0.269. The molecule has 0 heterocycles. The van der Waals surface area contributed by atoms with Gasteiger partial charge in [-0.1, -0.05) is 234 Å². The van der Waals surface area contributed by atoms with Crippen LogP contribution in [0.5, 0.6) is 0 Å². The van der Waals surface area contributed by atoms with Crippen molar-refractivity contribution in [3.05, 3.63) is 71.8 Å². The number of benzene rings is 2. The van der Waals surface area contributed by atoms with Gasteiger partial charge in [0.15, 0.2) is 0 Å². The van der Waals surface area contributed by atoms with E-state index in [9.17, 15) is 0 Å². The normalized spacial score (nSPS) is 28.2. The summed E-state index contributed by atoms with van der Waals surface area (Å²) in [6.45, 7) is 4.37. The molecule has 0 spiro atoms. The van der Waals surface area contributed by atoms with Gasteiger partial charge < -0.3 is 0 Å². The molecule has 3 rings (SSSR count). The molecular weight excluding hydrogens is 1060 g/mol. The second-order valence-corrected chi connectivity index (χ2v) is 23.6. The first-order valence-corrected chi connectivity index (χ1v) is 17.6. The van der Waals surface area contributed by atoms with Crippen molar-refractivity contribution in [1.82, 2.24) is 0 Å². The number of hydrogen-bond acceptors (Lipinski definition) is 0. The lowest BCUT2D eigenvalue weighted by Crippen LogP contribution is -2.75. The van der Waals surface area contributed by atoms with Gasteiger partial charge >= 0.3 is 0 Å². The van der Waals surface area contributed by atoms with Crippen molar-refractivity contribution in [2.75, 3.05) is 0 Å². The van der Waals surface area contributed by atoms with E-state index in [1.807, 2.05) is 12.1 Å². The summed E-state index contributed by atoms with van der Waals surface area (Å²) in [6, 6.07) is 20.9. The molecule has 2 aromatic rings. The number of hydrogen-bond donors (Lipinski definition) is 0. The van der Waals surface area contributed by atoms with Gasteiger partial charge in [0.2, 0.25) is 0 Å². The van der Waals surface area contributed by atoms with E-state index in [4.69, 9.17) is 0 Å². The van der Waals surface area contributed by atoms with Crippen LogP contribution in [0.2, 0.25) is 0 Å². The Balaban J connectivity index is 0.000000380. The van der Waals surface area contributed by atoms with Crippen LogP contribution in [0.1, 0.15) is 30.9 Å². The molecule has 1 fully saturated rings. The largest absolute Gasteiger partial charge is 0.134 e. The highest BCUT2D eigenvalue weighted by Crippen LogP contribution is 2.79.